The second-order valence-electron chi connectivity index (χ2n) is 7.56. The fraction of sp³-hybridized carbons (Fsp3) is 0.524. The Morgan fingerprint density at radius 1 is 1.13 bits per heavy atom. The van der Waals surface area contributed by atoms with Gasteiger partial charge in [-0.1, -0.05) is 69.1 Å². The molecule has 1 aromatic rings. The predicted molar refractivity (Wildman–Crippen MR) is 102 cm³/mol. The summed E-state index contributed by atoms with van der Waals surface area (Å²) in [6, 6.07) is 9.25. The van der Waals surface area contributed by atoms with Crippen LogP contribution in [0.1, 0.15) is 49.3 Å². The molecule has 1 heterocycles. The van der Waals surface area contributed by atoms with Crippen molar-refractivity contribution in [2.45, 2.75) is 58.2 Å². The molecule has 3 rings (SSSR count). The minimum Gasteiger partial charge on any atom is -0.370 e. The van der Waals surface area contributed by atoms with Gasteiger partial charge in [-0.05, 0) is 47.4 Å². The van der Waals surface area contributed by atoms with Gasteiger partial charge in [0.2, 0.25) is 0 Å². The van der Waals surface area contributed by atoms with E-state index in [9.17, 15) is 0 Å². The van der Waals surface area contributed by atoms with E-state index in [2.05, 4.69) is 68.5 Å². The Kier molecular flexibility index (Phi) is 5.10. The van der Waals surface area contributed by atoms with E-state index in [1.165, 1.54) is 43.2 Å². The first-order valence-corrected chi connectivity index (χ1v) is 11.6. The van der Waals surface area contributed by atoms with Crippen LogP contribution in [0.25, 0.3) is 0 Å². The van der Waals surface area contributed by atoms with Crippen molar-refractivity contribution in [3.8, 4) is 0 Å². The minimum absolute atomic E-state index is 0.401. The molecular weight excluding hydrogens is 294 g/mol. The van der Waals surface area contributed by atoms with Gasteiger partial charge in [0.1, 0.15) is 0 Å². The summed E-state index contributed by atoms with van der Waals surface area (Å²) in [5.41, 5.74) is 4.51. The van der Waals surface area contributed by atoms with E-state index in [0.717, 1.165) is 5.92 Å². The molecule has 1 aliphatic carbocycles. The quantitative estimate of drug-likeness (QED) is 0.645. The molecule has 0 N–H and O–H groups in total. The zero-order valence-electron chi connectivity index (χ0n) is 15.1. The first-order valence-electron chi connectivity index (χ1n) is 9.07. The van der Waals surface area contributed by atoms with Crippen LogP contribution >= 0.6 is 0 Å². The molecule has 1 aliphatic heterocycles. The second kappa shape index (κ2) is 7.08. The van der Waals surface area contributed by atoms with E-state index in [1.807, 2.05) is 0 Å². The average Bonchev–Trinajstić information content (AvgIpc) is 3.02. The lowest BCUT2D eigenvalue weighted by atomic mass is 9.91. The van der Waals surface area contributed by atoms with Gasteiger partial charge in [0.05, 0.1) is 14.8 Å². The van der Waals surface area contributed by atoms with E-state index in [-0.39, 0.29) is 0 Å². The molecule has 2 heteroatoms. The Morgan fingerprint density at radius 3 is 2.48 bits per heavy atom. The zero-order chi connectivity index (χ0) is 16.4. The third kappa shape index (κ3) is 3.63. The van der Waals surface area contributed by atoms with Crippen LogP contribution in [-0.2, 0) is 0 Å². The Balaban J connectivity index is 1.92. The lowest BCUT2D eigenvalue weighted by molar-refractivity contribution is 0.381. The van der Waals surface area contributed by atoms with Gasteiger partial charge in [-0.15, -0.1) is 0 Å². The number of allylic oxidation sites excluding steroid dienone is 2. The molecule has 0 spiro atoms. The third-order valence-electron chi connectivity index (χ3n) is 5.51. The Labute approximate surface area is 143 Å². The van der Waals surface area contributed by atoms with Crippen LogP contribution in [0.4, 0.5) is 0 Å². The number of hydrogen-bond acceptors (Lipinski definition) is 1. The van der Waals surface area contributed by atoms with Gasteiger partial charge in [-0.2, -0.15) is 0 Å². The van der Waals surface area contributed by atoms with Crippen molar-refractivity contribution in [1.82, 2.24) is 4.90 Å². The van der Waals surface area contributed by atoms with Crippen LogP contribution in [0.3, 0.4) is 0 Å². The molecule has 1 radical (unpaired) electrons. The van der Waals surface area contributed by atoms with Crippen LogP contribution in [-0.4, -0.2) is 20.7 Å². The molecule has 1 fully saturated rings. The summed E-state index contributed by atoms with van der Waals surface area (Å²) >= 11 is 0. The maximum absolute atomic E-state index is 2.58. The van der Waals surface area contributed by atoms with Gasteiger partial charge in [-0.3, -0.25) is 0 Å². The van der Waals surface area contributed by atoms with E-state index < -0.39 is 8.80 Å². The molecule has 2 aliphatic rings. The highest BCUT2D eigenvalue weighted by Gasteiger charge is 2.26. The van der Waals surface area contributed by atoms with Crippen molar-refractivity contribution >= 4 is 8.80 Å². The largest absolute Gasteiger partial charge is 0.370 e. The summed E-state index contributed by atoms with van der Waals surface area (Å²) in [7, 11) is 1.82. The molecule has 1 nitrogen and oxygen atoms in total. The molecular formula is C21H30NSi. The number of hydrogen-bond donors (Lipinski definition) is 0. The van der Waals surface area contributed by atoms with Gasteiger partial charge in [0, 0.05) is 7.05 Å². The Hall–Kier alpha value is -1.28. The molecule has 23 heavy (non-hydrogen) atoms. The lowest BCUT2D eigenvalue weighted by Crippen LogP contribution is -2.26. The summed E-state index contributed by atoms with van der Waals surface area (Å²) in [6.07, 6.45) is 12.1. The molecule has 123 valence electrons. The highest BCUT2D eigenvalue weighted by atomic mass is 28.3. The Bertz CT molecular complexity index is 608. The van der Waals surface area contributed by atoms with Crippen LogP contribution in [0.15, 0.2) is 47.3 Å². The van der Waals surface area contributed by atoms with Crippen molar-refractivity contribution < 1.29 is 0 Å². The summed E-state index contributed by atoms with van der Waals surface area (Å²) in [5, 5.41) is 1.65. The standard InChI is InChI=1S/C21H30NSi/c1-16-9-5-8-12-19(16)20-14-18(13-17-10-6-7-11-17)21(23(3)4)15-22(20)2/h5,8-9,12,14-15,17,20H,6-7,10-11,13H2,1-4H3. The summed E-state index contributed by atoms with van der Waals surface area (Å²) in [5.74, 6) is 0.923. The van der Waals surface area contributed by atoms with E-state index in [4.69, 9.17) is 0 Å². The van der Waals surface area contributed by atoms with E-state index >= 15 is 0 Å². The molecule has 1 unspecified atom stereocenters. The molecule has 0 amide bonds. The second-order valence-corrected chi connectivity index (χ2v) is 10.1. The molecule has 1 atom stereocenters. The monoisotopic (exact) mass is 324 g/mol. The van der Waals surface area contributed by atoms with Crippen molar-refractivity contribution in [3.63, 3.8) is 0 Å². The number of rotatable bonds is 4. The molecule has 0 bridgehead atoms. The highest BCUT2D eigenvalue weighted by molar-refractivity contribution is 6.65. The third-order valence-corrected chi connectivity index (χ3v) is 7.03. The van der Waals surface area contributed by atoms with Crippen molar-refractivity contribution in [2.24, 2.45) is 5.92 Å². The summed E-state index contributed by atoms with van der Waals surface area (Å²) in [4.78, 5) is 2.42. The minimum atomic E-state index is -0.420. The van der Waals surface area contributed by atoms with Crippen LogP contribution < -0.4 is 0 Å². The average molecular weight is 325 g/mol. The maximum Gasteiger partial charge on any atom is 0.0814 e. The van der Waals surface area contributed by atoms with Gasteiger partial charge in [0.25, 0.3) is 0 Å². The maximum atomic E-state index is 2.58. The van der Waals surface area contributed by atoms with Crippen molar-refractivity contribution in [1.29, 1.82) is 0 Å². The number of aryl methyl sites for hydroxylation is 1. The number of likely N-dealkylation sites (N-methyl/N-ethyl adjacent to an activating group) is 1. The van der Waals surface area contributed by atoms with Gasteiger partial charge < -0.3 is 4.90 Å². The summed E-state index contributed by atoms with van der Waals surface area (Å²) in [6.45, 7) is 7.10. The normalized spacial score (nSPS) is 22.5. The highest BCUT2D eigenvalue weighted by Crippen LogP contribution is 2.38. The fourth-order valence-electron chi connectivity index (χ4n) is 4.15. The first kappa shape index (κ1) is 16.6. The van der Waals surface area contributed by atoms with E-state index in [0.29, 0.717) is 6.04 Å². The number of benzene rings is 1. The number of nitrogens with zero attached hydrogens (tertiary/aromatic N) is 1. The lowest BCUT2D eigenvalue weighted by Gasteiger charge is -2.34. The van der Waals surface area contributed by atoms with Crippen molar-refractivity contribution in [3.05, 3.63) is 58.4 Å². The van der Waals surface area contributed by atoms with Crippen LogP contribution in [0.2, 0.25) is 13.1 Å². The Morgan fingerprint density at radius 2 is 1.83 bits per heavy atom. The predicted octanol–water partition coefficient (Wildman–Crippen LogP) is 5.67. The SMILES string of the molecule is Cc1ccccc1C1C=C(CC2CCCC2)C([Si](C)C)=CN1C. The molecule has 1 aromatic carbocycles. The van der Waals surface area contributed by atoms with Gasteiger partial charge >= 0.3 is 0 Å². The van der Waals surface area contributed by atoms with Crippen molar-refractivity contribution in [2.75, 3.05) is 7.05 Å². The fourth-order valence-corrected chi connectivity index (χ4v) is 5.44. The smallest absolute Gasteiger partial charge is 0.0814 e. The first-order chi connectivity index (χ1) is 11.1. The van der Waals surface area contributed by atoms with Gasteiger partial charge in [0.15, 0.2) is 0 Å². The van der Waals surface area contributed by atoms with Gasteiger partial charge in [-0.25, -0.2) is 0 Å². The molecule has 0 saturated heterocycles. The summed E-state index contributed by atoms with van der Waals surface area (Å²) < 4.78 is 0. The van der Waals surface area contributed by atoms with E-state index in [1.54, 1.807) is 10.8 Å². The topological polar surface area (TPSA) is 3.24 Å². The van der Waals surface area contributed by atoms with Crippen LogP contribution in [0.5, 0.6) is 0 Å². The van der Waals surface area contributed by atoms with Crippen LogP contribution in [0, 0.1) is 12.8 Å². The molecule has 1 saturated carbocycles. The molecule has 0 aromatic heterocycles. The zero-order valence-corrected chi connectivity index (χ0v) is 16.1.